The Morgan fingerprint density at radius 3 is 2.41 bits per heavy atom. The Bertz CT molecular complexity index is 1230. The number of hydrogen-bond donors (Lipinski definition) is 2. The maximum Gasteiger partial charge on any atom is 0.319 e. The van der Waals surface area contributed by atoms with E-state index in [-0.39, 0.29) is 16.7 Å². The fourth-order valence-corrected chi connectivity index (χ4v) is 4.86. The molecule has 178 valence electrons. The van der Waals surface area contributed by atoms with Gasteiger partial charge in [-0.15, -0.1) is 0 Å². The lowest BCUT2D eigenvalue weighted by Gasteiger charge is -2.28. The van der Waals surface area contributed by atoms with E-state index in [0.29, 0.717) is 55.9 Å². The SMILES string of the molecule is CCNC(=O)Nc1ccc(-c2nc(CS(=O)(=O)c3ccccc3)cc(N3CCOCC3)n2)cc1. The fourth-order valence-electron chi connectivity index (χ4n) is 3.58. The molecule has 0 radical (unpaired) electrons. The number of hydrogen-bond acceptors (Lipinski definition) is 7. The van der Waals surface area contributed by atoms with E-state index < -0.39 is 9.84 Å². The lowest BCUT2D eigenvalue weighted by atomic mass is 10.2. The zero-order chi connectivity index (χ0) is 24.0. The van der Waals surface area contributed by atoms with Gasteiger partial charge in [-0.25, -0.2) is 23.2 Å². The average Bonchev–Trinajstić information content (AvgIpc) is 2.85. The molecule has 34 heavy (non-hydrogen) atoms. The van der Waals surface area contributed by atoms with Crippen molar-refractivity contribution in [2.75, 3.05) is 43.1 Å². The number of ether oxygens (including phenoxy) is 1. The van der Waals surface area contributed by atoms with Gasteiger partial charge in [0.15, 0.2) is 15.7 Å². The van der Waals surface area contributed by atoms with Gasteiger partial charge in [-0.2, -0.15) is 0 Å². The quantitative estimate of drug-likeness (QED) is 0.533. The molecular weight excluding hydrogens is 454 g/mol. The van der Waals surface area contributed by atoms with Crippen molar-refractivity contribution in [3.05, 3.63) is 66.4 Å². The standard InChI is InChI=1S/C24H27N5O4S/c1-2-25-24(30)27-19-10-8-18(9-11-19)23-26-20(16-22(28-23)29-12-14-33-15-13-29)17-34(31,32)21-6-4-3-5-7-21/h3-11,16H,2,12-15,17H2,1H3,(H2,25,27,30). The van der Waals surface area contributed by atoms with Crippen molar-refractivity contribution in [1.82, 2.24) is 15.3 Å². The van der Waals surface area contributed by atoms with Crippen LogP contribution in [-0.2, 0) is 20.3 Å². The number of aromatic nitrogens is 2. The molecule has 2 N–H and O–H groups in total. The van der Waals surface area contributed by atoms with E-state index in [1.165, 1.54) is 0 Å². The number of morpholine rings is 1. The van der Waals surface area contributed by atoms with Crippen molar-refractivity contribution in [3.8, 4) is 11.4 Å². The number of carbonyl (C=O) groups is 1. The van der Waals surface area contributed by atoms with E-state index in [4.69, 9.17) is 9.72 Å². The largest absolute Gasteiger partial charge is 0.378 e. The van der Waals surface area contributed by atoms with Crippen LogP contribution in [0.4, 0.5) is 16.3 Å². The molecule has 0 bridgehead atoms. The van der Waals surface area contributed by atoms with Crippen LogP contribution >= 0.6 is 0 Å². The van der Waals surface area contributed by atoms with Crippen LogP contribution in [0.25, 0.3) is 11.4 Å². The first-order chi connectivity index (χ1) is 16.4. The molecule has 0 aliphatic carbocycles. The maximum atomic E-state index is 13.0. The molecular formula is C24H27N5O4S. The van der Waals surface area contributed by atoms with Crippen LogP contribution in [0.1, 0.15) is 12.6 Å². The zero-order valence-corrected chi connectivity index (χ0v) is 19.7. The van der Waals surface area contributed by atoms with Crippen LogP contribution in [0, 0.1) is 0 Å². The summed E-state index contributed by atoms with van der Waals surface area (Å²) in [6.45, 7) is 4.86. The van der Waals surface area contributed by atoms with Crippen LogP contribution < -0.4 is 15.5 Å². The number of amides is 2. The second-order valence-electron chi connectivity index (χ2n) is 7.77. The molecule has 4 rings (SSSR count). The van der Waals surface area contributed by atoms with E-state index in [2.05, 4.69) is 20.5 Å². The maximum absolute atomic E-state index is 13.0. The molecule has 1 saturated heterocycles. The number of carbonyl (C=O) groups excluding carboxylic acids is 1. The second kappa shape index (κ2) is 10.6. The van der Waals surface area contributed by atoms with Gasteiger partial charge in [0.25, 0.3) is 0 Å². The summed E-state index contributed by atoms with van der Waals surface area (Å²) in [4.78, 5) is 23.4. The Kier molecular flexibility index (Phi) is 7.39. The van der Waals surface area contributed by atoms with Gasteiger partial charge in [-0.3, -0.25) is 0 Å². The summed E-state index contributed by atoms with van der Waals surface area (Å²) in [6.07, 6.45) is 0. The highest BCUT2D eigenvalue weighted by molar-refractivity contribution is 7.90. The first kappa shape index (κ1) is 23.7. The van der Waals surface area contributed by atoms with E-state index in [0.717, 1.165) is 5.56 Å². The molecule has 2 amide bonds. The first-order valence-electron chi connectivity index (χ1n) is 11.1. The first-order valence-corrected chi connectivity index (χ1v) is 12.7. The Balaban J connectivity index is 1.66. The van der Waals surface area contributed by atoms with Gasteiger partial charge in [-0.05, 0) is 43.3 Å². The lowest BCUT2D eigenvalue weighted by molar-refractivity contribution is 0.122. The van der Waals surface area contributed by atoms with Gasteiger partial charge in [0.2, 0.25) is 0 Å². The Morgan fingerprint density at radius 2 is 1.74 bits per heavy atom. The van der Waals surface area contributed by atoms with Crippen molar-refractivity contribution in [3.63, 3.8) is 0 Å². The highest BCUT2D eigenvalue weighted by Gasteiger charge is 2.20. The molecule has 0 atom stereocenters. The summed E-state index contributed by atoms with van der Waals surface area (Å²) < 4.78 is 31.4. The molecule has 2 heterocycles. The Hall–Kier alpha value is -3.50. The lowest BCUT2D eigenvalue weighted by Crippen LogP contribution is -2.37. The summed E-state index contributed by atoms with van der Waals surface area (Å²) in [7, 11) is -3.57. The van der Waals surface area contributed by atoms with Crippen molar-refractivity contribution in [1.29, 1.82) is 0 Å². The summed E-state index contributed by atoms with van der Waals surface area (Å²) in [5, 5.41) is 5.43. The molecule has 1 fully saturated rings. The number of nitrogens with one attached hydrogen (secondary N) is 2. The minimum atomic E-state index is -3.57. The van der Waals surface area contributed by atoms with Crippen molar-refractivity contribution >= 4 is 27.4 Å². The smallest absolute Gasteiger partial charge is 0.319 e. The predicted molar refractivity (Wildman–Crippen MR) is 131 cm³/mol. The van der Waals surface area contributed by atoms with Crippen LogP contribution in [0.2, 0.25) is 0 Å². The zero-order valence-electron chi connectivity index (χ0n) is 18.9. The number of rotatable bonds is 7. The summed E-state index contributed by atoms with van der Waals surface area (Å²) in [6, 6.07) is 16.9. The number of benzene rings is 2. The van der Waals surface area contributed by atoms with Gasteiger partial charge < -0.3 is 20.3 Å². The molecule has 0 saturated carbocycles. The molecule has 1 aliphatic rings. The second-order valence-corrected chi connectivity index (χ2v) is 9.76. The minimum Gasteiger partial charge on any atom is -0.378 e. The Labute approximate surface area is 199 Å². The molecule has 2 aromatic carbocycles. The Morgan fingerprint density at radius 1 is 1.03 bits per heavy atom. The van der Waals surface area contributed by atoms with Gasteiger partial charge in [0, 0.05) is 37.0 Å². The molecule has 1 aliphatic heterocycles. The third kappa shape index (κ3) is 5.89. The molecule has 10 heteroatoms. The molecule has 3 aromatic rings. The normalized spacial score (nSPS) is 14.0. The van der Waals surface area contributed by atoms with Crippen molar-refractivity contribution < 1.29 is 17.9 Å². The third-order valence-electron chi connectivity index (χ3n) is 5.28. The van der Waals surface area contributed by atoms with Crippen LogP contribution in [0.5, 0.6) is 0 Å². The molecule has 0 unspecified atom stereocenters. The summed E-state index contributed by atoms with van der Waals surface area (Å²) in [5.74, 6) is 0.851. The summed E-state index contributed by atoms with van der Waals surface area (Å²) in [5.41, 5.74) is 1.76. The minimum absolute atomic E-state index is 0.235. The van der Waals surface area contributed by atoms with Gasteiger partial charge in [0.05, 0.1) is 29.6 Å². The van der Waals surface area contributed by atoms with E-state index in [1.807, 2.05) is 6.92 Å². The topological polar surface area (TPSA) is 114 Å². The average molecular weight is 482 g/mol. The fraction of sp³-hybridized carbons (Fsp3) is 0.292. The molecule has 0 spiro atoms. The number of anilines is 2. The van der Waals surface area contributed by atoms with E-state index >= 15 is 0 Å². The van der Waals surface area contributed by atoms with Crippen molar-refractivity contribution in [2.24, 2.45) is 0 Å². The molecule has 1 aromatic heterocycles. The van der Waals surface area contributed by atoms with Gasteiger partial charge in [-0.1, -0.05) is 18.2 Å². The number of sulfone groups is 1. The van der Waals surface area contributed by atoms with Crippen LogP contribution in [-0.4, -0.2) is 57.3 Å². The van der Waals surface area contributed by atoms with Gasteiger partial charge >= 0.3 is 6.03 Å². The van der Waals surface area contributed by atoms with E-state index in [1.54, 1.807) is 60.7 Å². The third-order valence-corrected chi connectivity index (χ3v) is 6.95. The van der Waals surface area contributed by atoms with Gasteiger partial charge in [0.1, 0.15) is 5.82 Å². The van der Waals surface area contributed by atoms with Crippen LogP contribution in [0.3, 0.4) is 0 Å². The monoisotopic (exact) mass is 481 g/mol. The summed E-state index contributed by atoms with van der Waals surface area (Å²) >= 11 is 0. The predicted octanol–water partition coefficient (Wildman–Crippen LogP) is 3.10. The highest BCUT2D eigenvalue weighted by atomic mass is 32.2. The van der Waals surface area contributed by atoms with Crippen molar-refractivity contribution in [2.45, 2.75) is 17.6 Å². The highest BCUT2D eigenvalue weighted by Crippen LogP contribution is 2.25. The number of urea groups is 1. The van der Waals surface area contributed by atoms with Crippen LogP contribution in [0.15, 0.2) is 65.6 Å². The number of nitrogens with zero attached hydrogens (tertiary/aromatic N) is 3. The van der Waals surface area contributed by atoms with E-state index in [9.17, 15) is 13.2 Å². The molecule has 9 nitrogen and oxygen atoms in total.